The van der Waals surface area contributed by atoms with Gasteiger partial charge in [-0.3, -0.25) is 20.4 Å². The zero-order chi connectivity index (χ0) is 18.0. The van der Waals surface area contributed by atoms with Crippen molar-refractivity contribution >= 4 is 44.8 Å². The fraction of sp³-hybridized carbons (Fsp3) is 0.625. The van der Waals surface area contributed by atoms with E-state index in [0.717, 1.165) is 19.3 Å². The number of thioether (sulfide) groups is 1. The van der Waals surface area contributed by atoms with Crippen molar-refractivity contribution in [1.82, 2.24) is 10.9 Å². The van der Waals surface area contributed by atoms with Crippen molar-refractivity contribution in [3.05, 3.63) is 21.4 Å². The molecule has 1 aromatic heterocycles. The van der Waals surface area contributed by atoms with Crippen molar-refractivity contribution in [2.45, 2.75) is 37.9 Å². The molecule has 2 atom stereocenters. The molecular formula is C16H22N2O4S3. The van der Waals surface area contributed by atoms with Gasteiger partial charge in [0.05, 0.1) is 22.1 Å². The Hall–Kier alpha value is -1.06. The van der Waals surface area contributed by atoms with Gasteiger partial charge in [-0.1, -0.05) is 6.92 Å². The van der Waals surface area contributed by atoms with Crippen LogP contribution in [0.25, 0.3) is 0 Å². The van der Waals surface area contributed by atoms with Crippen molar-refractivity contribution in [3.8, 4) is 0 Å². The highest BCUT2D eigenvalue weighted by atomic mass is 32.2. The fourth-order valence-electron chi connectivity index (χ4n) is 3.13. The van der Waals surface area contributed by atoms with Crippen LogP contribution in [0.5, 0.6) is 0 Å². The molecule has 138 valence electrons. The maximum absolute atomic E-state index is 12.2. The van der Waals surface area contributed by atoms with Gasteiger partial charge in [0.1, 0.15) is 0 Å². The normalized spacial score (nSPS) is 24.5. The molecule has 2 aliphatic rings. The molecule has 3 rings (SSSR count). The Morgan fingerprint density at radius 3 is 2.84 bits per heavy atom. The SMILES string of the molecule is C[C@H]1CCc2sc(C(=O)NNC(=O)CS[C@@H]3CCS(=O)(=O)C3)cc2C1. The molecule has 6 nitrogen and oxygen atoms in total. The van der Waals surface area contributed by atoms with Gasteiger partial charge in [0.25, 0.3) is 5.91 Å². The highest BCUT2D eigenvalue weighted by Gasteiger charge is 2.28. The van der Waals surface area contributed by atoms with E-state index in [1.807, 2.05) is 6.07 Å². The maximum atomic E-state index is 12.2. The summed E-state index contributed by atoms with van der Waals surface area (Å²) in [5, 5.41) is -0.0301. The van der Waals surface area contributed by atoms with Crippen LogP contribution >= 0.6 is 23.1 Å². The minimum atomic E-state index is -2.93. The van der Waals surface area contributed by atoms with Crippen LogP contribution in [0.15, 0.2) is 6.07 Å². The molecule has 1 saturated heterocycles. The summed E-state index contributed by atoms with van der Waals surface area (Å²) in [4.78, 5) is 25.9. The molecule has 0 radical (unpaired) electrons. The highest BCUT2D eigenvalue weighted by molar-refractivity contribution is 8.02. The highest BCUT2D eigenvalue weighted by Crippen LogP contribution is 2.32. The summed E-state index contributed by atoms with van der Waals surface area (Å²) in [6.45, 7) is 2.22. The van der Waals surface area contributed by atoms with Gasteiger partial charge in [0.2, 0.25) is 5.91 Å². The number of sulfone groups is 1. The minimum absolute atomic E-state index is 0.0301. The Balaban J connectivity index is 1.44. The number of thiophene rings is 1. The summed E-state index contributed by atoms with van der Waals surface area (Å²) < 4.78 is 22.8. The van der Waals surface area contributed by atoms with E-state index in [1.165, 1.54) is 33.5 Å². The van der Waals surface area contributed by atoms with Gasteiger partial charge in [-0.25, -0.2) is 8.42 Å². The number of nitrogens with one attached hydrogen (secondary N) is 2. The van der Waals surface area contributed by atoms with Crippen LogP contribution in [-0.2, 0) is 27.5 Å². The third-order valence-corrected chi connectivity index (χ3v) is 9.03. The quantitative estimate of drug-likeness (QED) is 0.746. The summed E-state index contributed by atoms with van der Waals surface area (Å²) in [5.74, 6) is 0.501. The van der Waals surface area contributed by atoms with E-state index in [1.54, 1.807) is 0 Å². The molecule has 2 amide bonds. The summed E-state index contributed by atoms with van der Waals surface area (Å²) in [6.07, 6.45) is 3.76. The van der Waals surface area contributed by atoms with Gasteiger partial charge in [0.15, 0.2) is 9.84 Å². The predicted octanol–water partition coefficient (Wildman–Crippen LogP) is 1.55. The lowest BCUT2D eigenvalue weighted by Gasteiger charge is -2.16. The van der Waals surface area contributed by atoms with Crippen LogP contribution in [0.1, 0.15) is 39.9 Å². The number of carbonyl (C=O) groups is 2. The number of hydrogen-bond acceptors (Lipinski definition) is 6. The topological polar surface area (TPSA) is 92.3 Å². The van der Waals surface area contributed by atoms with Gasteiger partial charge in [-0.2, -0.15) is 0 Å². The first-order valence-electron chi connectivity index (χ1n) is 8.35. The number of aryl methyl sites for hydroxylation is 1. The first kappa shape index (κ1) is 18.7. The molecule has 25 heavy (non-hydrogen) atoms. The summed E-state index contributed by atoms with van der Waals surface area (Å²) in [6, 6.07) is 1.93. The maximum Gasteiger partial charge on any atom is 0.279 e. The Morgan fingerprint density at radius 2 is 2.12 bits per heavy atom. The van der Waals surface area contributed by atoms with E-state index in [0.29, 0.717) is 17.2 Å². The number of carbonyl (C=O) groups excluding carboxylic acids is 2. The first-order valence-corrected chi connectivity index (χ1v) is 12.0. The standard InChI is InChI=1S/C16H22N2O4S3/c1-10-2-3-13-11(6-10)7-14(24-13)16(20)18-17-15(19)8-23-12-4-5-25(21,22)9-12/h7,10,12H,2-6,8-9H2,1H3,(H,17,19)(H,18,20)/t10-,12+/m0/s1. The monoisotopic (exact) mass is 402 g/mol. The second kappa shape index (κ2) is 7.67. The number of rotatable bonds is 4. The van der Waals surface area contributed by atoms with Gasteiger partial charge < -0.3 is 0 Å². The third-order valence-electron chi connectivity index (χ3n) is 4.51. The van der Waals surface area contributed by atoms with E-state index in [4.69, 9.17) is 0 Å². The molecule has 0 aromatic carbocycles. The second-order valence-corrected chi connectivity index (χ2v) is 11.4. The van der Waals surface area contributed by atoms with E-state index >= 15 is 0 Å². The van der Waals surface area contributed by atoms with Gasteiger partial charge in [-0.05, 0) is 43.2 Å². The Bertz CT molecular complexity index is 772. The zero-order valence-corrected chi connectivity index (χ0v) is 16.5. The van der Waals surface area contributed by atoms with E-state index < -0.39 is 9.84 Å². The average Bonchev–Trinajstić information content (AvgIpc) is 3.13. The molecule has 1 aromatic rings. The smallest absolute Gasteiger partial charge is 0.272 e. The van der Waals surface area contributed by atoms with Crippen LogP contribution in [0, 0.1) is 5.92 Å². The molecule has 1 aliphatic carbocycles. The van der Waals surface area contributed by atoms with Crippen LogP contribution < -0.4 is 10.9 Å². The molecule has 2 heterocycles. The van der Waals surface area contributed by atoms with Crippen molar-refractivity contribution < 1.29 is 18.0 Å². The van der Waals surface area contributed by atoms with Crippen molar-refractivity contribution in [2.24, 2.45) is 5.92 Å². The molecule has 2 N–H and O–H groups in total. The Labute approximate surface area is 156 Å². The molecule has 0 bridgehead atoms. The largest absolute Gasteiger partial charge is 0.279 e. The van der Waals surface area contributed by atoms with Crippen LogP contribution in [-0.4, -0.2) is 42.7 Å². The molecular weight excluding hydrogens is 380 g/mol. The number of hydrogen-bond donors (Lipinski definition) is 2. The fourth-order valence-corrected chi connectivity index (χ4v) is 7.67. The molecule has 9 heteroatoms. The Morgan fingerprint density at radius 1 is 1.32 bits per heavy atom. The van der Waals surface area contributed by atoms with Gasteiger partial charge in [-0.15, -0.1) is 23.1 Å². The van der Waals surface area contributed by atoms with Crippen molar-refractivity contribution in [3.63, 3.8) is 0 Å². The summed E-state index contributed by atoms with van der Waals surface area (Å²) in [7, 11) is -2.93. The van der Waals surface area contributed by atoms with Crippen molar-refractivity contribution in [2.75, 3.05) is 17.3 Å². The number of fused-ring (bicyclic) bond motifs is 1. The number of hydrazine groups is 1. The molecule has 1 aliphatic heterocycles. The van der Waals surface area contributed by atoms with Crippen LogP contribution in [0.2, 0.25) is 0 Å². The average molecular weight is 403 g/mol. The first-order chi connectivity index (χ1) is 11.8. The lowest BCUT2D eigenvalue weighted by molar-refractivity contribution is -0.119. The summed E-state index contributed by atoms with van der Waals surface area (Å²) >= 11 is 2.82. The minimum Gasteiger partial charge on any atom is -0.272 e. The molecule has 0 unspecified atom stereocenters. The van der Waals surface area contributed by atoms with Crippen LogP contribution in [0.4, 0.5) is 0 Å². The summed E-state index contributed by atoms with van der Waals surface area (Å²) in [5.41, 5.74) is 6.11. The molecule has 0 saturated carbocycles. The van der Waals surface area contributed by atoms with Crippen molar-refractivity contribution in [1.29, 1.82) is 0 Å². The molecule has 1 fully saturated rings. The Kier molecular flexibility index (Phi) is 5.75. The number of amides is 2. The lowest BCUT2D eigenvalue weighted by Crippen LogP contribution is -2.42. The van der Waals surface area contributed by atoms with E-state index in [-0.39, 0.29) is 34.3 Å². The lowest BCUT2D eigenvalue weighted by atomic mass is 9.90. The van der Waals surface area contributed by atoms with E-state index in [9.17, 15) is 18.0 Å². The van der Waals surface area contributed by atoms with E-state index in [2.05, 4.69) is 17.8 Å². The predicted molar refractivity (Wildman–Crippen MR) is 101 cm³/mol. The van der Waals surface area contributed by atoms with Crippen LogP contribution in [0.3, 0.4) is 0 Å². The molecule has 0 spiro atoms. The third kappa shape index (κ3) is 4.98. The van der Waals surface area contributed by atoms with Gasteiger partial charge >= 0.3 is 0 Å². The zero-order valence-electron chi connectivity index (χ0n) is 14.0. The second-order valence-electron chi connectivity index (χ2n) is 6.75. The van der Waals surface area contributed by atoms with Gasteiger partial charge in [0, 0.05) is 10.1 Å².